The van der Waals surface area contributed by atoms with Gasteiger partial charge in [-0.15, -0.1) is 0 Å². The molecule has 0 aliphatic rings. The summed E-state index contributed by atoms with van der Waals surface area (Å²) in [5.74, 6) is 1.54. The van der Waals surface area contributed by atoms with E-state index in [1.165, 1.54) is 20.3 Å². The van der Waals surface area contributed by atoms with Crippen LogP contribution in [0.25, 0.3) is 11.1 Å². The van der Waals surface area contributed by atoms with E-state index in [2.05, 4.69) is 0 Å². The van der Waals surface area contributed by atoms with E-state index in [1.54, 1.807) is 19.2 Å². The lowest BCUT2D eigenvalue weighted by molar-refractivity contribution is 0.385. The van der Waals surface area contributed by atoms with Gasteiger partial charge in [-0.25, -0.2) is 0 Å². The van der Waals surface area contributed by atoms with Crippen LogP contribution in [0.1, 0.15) is 11.1 Å². The molecule has 0 bridgehead atoms. The van der Waals surface area contributed by atoms with Gasteiger partial charge in [0.15, 0.2) is 0 Å². The summed E-state index contributed by atoms with van der Waals surface area (Å²) in [4.78, 5) is 0. The topological polar surface area (TPSA) is 68.2 Å². The van der Waals surface area contributed by atoms with E-state index < -0.39 is 0 Å². The first-order valence-corrected chi connectivity index (χ1v) is 6.77. The first kappa shape index (κ1) is 15.8. The Hall–Kier alpha value is -2.56. The van der Waals surface area contributed by atoms with E-state index in [0.29, 0.717) is 28.4 Å². The van der Waals surface area contributed by atoms with Gasteiger partial charge in [0.1, 0.15) is 28.7 Å². The van der Waals surface area contributed by atoms with Crippen molar-refractivity contribution in [2.24, 2.45) is 0 Å². The lowest BCUT2D eigenvalue weighted by Gasteiger charge is -2.18. The maximum Gasteiger partial charge on any atom is 0.134 e. The van der Waals surface area contributed by atoms with Gasteiger partial charge in [-0.2, -0.15) is 0 Å². The minimum Gasteiger partial charge on any atom is -0.507 e. The molecule has 0 amide bonds. The summed E-state index contributed by atoms with van der Waals surface area (Å²) in [6.45, 7) is 3.67. The highest BCUT2D eigenvalue weighted by molar-refractivity contribution is 5.85. The van der Waals surface area contributed by atoms with Crippen LogP contribution in [0.2, 0.25) is 0 Å². The summed E-state index contributed by atoms with van der Waals surface area (Å²) < 4.78 is 15.9. The third-order valence-corrected chi connectivity index (χ3v) is 3.65. The predicted octanol–water partition coefficient (Wildman–Crippen LogP) is 3.41. The summed E-state index contributed by atoms with van der Waals surface area (Å²) in [6.07, 6.45) is 0. The van der Waals surface area contributed by atoms with E-state index in [-0.39, 0.29) is 11.5 Å². The number of ether oxygens (including phenoxy) is 3. The monoisotopic (exact) mass is 304 g/mol. The van der Waals surface area contributed by atoms with Crippen LogP contribution in [0.4, 0.5) is 0 Å². The number of hydrogen-bond donors (Lipinski definition) is 2. The number of phenols is 2. The molecule has 0 radical (unpaired) electrons. The third-order valence-electron chi connectivity index (χ3n) is 3.65. The molecule has 0 saturated heterocycles. The van der Waals surface area contributed by atoms with Crippen molar-refractivity contribution in [2.75, 3.05) is 21.3 Å². The Morgan fingerprint density at radius 1 is 0.773 bits per heavy atom. The summed E-state index contributed by atoms with van der Waals surface area (Å²) in [7, 11) is 4.57. The molecule has 0 unspecified atom stereocenters. The fourth-order valence-corrected chi connectivity index (χ4v) is 2.68. The molecule has 0 aliphatic carbocycles. The van der Waals surface area contributed by atoms with Gasteiger partial charge in [-0.1, -0.05) is 0 Å². The second-order valence-corrected chi connectivity index (χ2v) is 4.97. The van der Waals surface area contributed by atoms with Crippen LogP contribution >= 0.6 is 0 Å². The van der Waals surface area contributed by atoms with Crippen LogP contribution in [-0.2, 0) is 0 Å². The number of aryl methyl sites for hydroxylation is 1. The highest BCUT2D eigenvalue weighted by atomic mass is 16.5. The third kappa shape index (κ3) is 2.50. The van der Waals surface area contributed by atoms with Gasteiger partial charge in [-0.05, 0) is 25.5 Å². The summed E-state index contributed by atoms with van der Waals surface area (Å²) in [5.41, 5.74) is 2.41. The molecule has 0 aliphatic heterocycles. The number of hydrogen-bond acceptors (Lipinski definition) is 5. The maximum atomic E-state index is 10.4. The molecular weight excluding hydrogens is 284 g/mol. The zero-order valence-corrected chi connectivity index (χ0v) is 13.4. The Bertz CT molecular complexity index is 707. The molecule has 0 heterocycles. The Balaban J connectivity index is 2.82. The largest absolute Gasteiger partial charge is 0.507 e. The van der Waals surface area contributed by atoms with Gasteiger partial charge in [0.25, 0.3) is 0 Å². The zero-order valence-electron chi connectivity index (χ0n) is 13.4. The van der Waals surface area contributed by atoms with Gasteiger partial charge < -0.3 is 24.4 Å². The molecule has 0 saturated carbocycles. The second kappa shape index (κ2) is 6.05. The molecule has 0 aromatic heterocycles. The molecule has 2 aromatic carbocycles. The number of methoxy groups -OCH3 is 3. The summed E-state index contributed by atoms with van der Waals surface area (Å²) in [5, 5.41) is 20.7. The normalized spacial score (nSPS) is 10.4. The molecule has 0 atom stereocenters. The standard InChI is InChI=1S/C17H20O5/c1-9-6-12(18)15(10(2)17(9)22-5)16-13(19)7-11(20-3)8-14(16)21-4/h6-8,18-19H,1-5H3. The SMILES string of the molecule is COc1cc(O)c(-c2c(O)cc(C)c(OC)c2C)c(OC)c1. The van der Waals surface area contributed by atoms with Crippen molar-refractivity contribution in [1.29, 1.82) is 0 Å². The molecule has 5 nitrogen and oxygen atoms in total. The smallest absolute Gasteiger partial charge is 0.134 e. The highest BCUT2D eigenvalue weighted by Gasteiger charge is 2.22. The van der Waals surface area contributed by atoms with E-state index in [4.69, 9.17) is 14.2 Å². The lowest BCUT2D eigenvalue weighted by atomic mass is 9.94. The summed E-state index contributed by atoms with van der Waals surface area (Å²) >= 11 is 0. The predicted molar refractivity (Wildman–Crippen MR) is 84.3 cm³/mol. The Labute approximate surface area is 129 Å². The van der Waals surface area contributed by atoms with Crippen LogP contribution in [-0.4, -0.2) is 31.5 Å². The number of phenolic OH excluding ortho intramolecular Hbond substituents is 2. The van der Waals surface area contributed by atoms with E-state index in [9.17, 15) is 10.2 Å². The first-order chi connectivity index (χ1) is 10.4. The summed E-state index contributed by atoms with van der Waals surface area (Å²) in [6, 6.07) is 4.73. The van der Waals surface area contributed by atoms with Gasteiger partial charge in [0.2, 0.25) is 0 Å². The van der Waals surface area contributed by atoms with Crippen molar-refractivity contribution in [3.8, 4) is 39.9 Å². The van der Waals surface area contributed by atoms with Gasteiger partial charge in [0.05, 0.1) is 26.9 Å². The van der Waals surface area contributed by atoms with Crippen molar-refractivity contribution in [1.82, 2.24) is 0 Å². The molecule has 0 spiro atoms. The van der Waals surface area contributed by atoms with Crippen LogP contribution in [0.5, 0.6) is 28.7 Å². The zero-order chi connectivity index (χ0) is 16.4. The number of aromatic hydroxyl groups is 2. The van der Waals surface area contributed by atoms with Crippen molar-refractivity contribution in [3.63, 3.8) is 0 Å². The molecule has 2 rings (SSSR count). The Morgan fingerprint density at radius 3 is 1.95 bits per heavy atom. The van der Waals surface area contributed by atoms with E-state index in [0.717, 1.165) is 11.1 Å². The Morgan fingerprint density at radius 2 is 1.41 bits per heavy atom. The van der Waals surface area contributed by atoms with Crippen LogP contribution in [0.15, 0.2) is 18.2 Å². The average Bonchev–Trinajstić information content (AvgIpc) is 2.48. The van der Waals surface area contributed by atoms with Crippen molar-refractivity contribution in [2.45, 2.75) is 13.8 Å². The molecule has 5 heteroatoms. The van der Waals surface area contributed by atoms with Crippen LogP contribution in [0, 0.1) is 13.8 Å². The Kier molecular flexibility index (Phi) is 4.35. The van der Waals surface area contributed by atoms with E-state index >= 15 is 0 Å². The fraction of sp³-hybridized carbons (Fsp3) is 0.294. The fourth-order valence-electron chi connectivity index (χ4n) is 2.68. The minimum atomic E-state index is -0.0412. The quantitative estimate of drug-likeness (QED) is 0.906. The second-order valence-electron chi connectivity index (χ2n) is 4.97. The first-order valence-electron chi connectivity index (χ1n) is 6.77. The average molecular weight is 304 g/mol. The van der Waals surface area contributed by atoms with Crippen molar-refractivity contribution in [3.05, 3.63) is 29.3 Å². The molecule has 2 aromatic rings. The number of benzene rings is 2. The van der Waals surface area contributed by atoms with E-state index in [1.807, 2.05) is 13.8 Å². The molecule has 0 fully saturated rings. The molecular formula is C17H20O5. The van der Waals surface area contributed by atoms with Crippen LogP contribution < -0.4 is 14.2 Å². The lowest BCUT2D eigenvalue weighted by Crippen LogP contribution is -1.97. The maximum absolute atomic E-state index is 10.4. The van der Waals surface area contributed by atoms with Crippen molar-refractivity contribution >= 4 is 0 Å². The minimum absolute atomic E-state index is 0.0412. The molecule has 118 valence electrons. The highest BCUT2D eigenvalue weighted by Crippen LogP contribution is 2.48. The van der Waals surface area contributed by atoms with Gasteiger partial charge in [-0.3, -0.25) is 0 Å². The molecule has 22 heavy (non-hydrogen) atoms. The number of rotatable bonds is 4. The van der Waals surface area contributed by atoms with Gasteiger partial charge >= 0.3 is 0 Å². The molecule has 2 N–H and O–H groups in total. The van der Waals surface area contributed by atoms with Crippen molar-refractivity contribution < 1.29 is 24.4 Å². The van der Waals surface area contributed by atoms with Gasteiger partial charge in [0, 0.05) is 23.3 Å². The van der Waals surface area contributed by atoms with Crippen LogP contribution in [0.3, 0.4) is 0 Å².